The molecule has 1 rings (SSSR count). The van der Waals surface area contributed by atoms with Crippen molar-refractivity contribution in [2.45, 2.75) is 45.3 Å². The number of rotatable bonds is 1. The number of hydrogen-bond donors (Lipinski definition) is 2. The molecule has 0 aromatic carbocycles. The van der Waals surface area contributed by atoms with E-state index in [9.17, 15) is 5.11 Å². The van der Waals surface area contributed by atoms with Crippen LogP contribution in [0.3, 0.4) is 0 Å². The molecule has 1 aliphatic rings. The third kappa shape index (κ3) is 2.17. The highest BCUT2D eigenvalue weighted by atomic mass is 16.3. The maximum absolute atomic E-state index is 9.35. The van der Waals surface area contributed by atoms with Crippen LogP contribution in [0.1, 0.15) is 33.1 Å². The molecule has 3 N–H and O–H groups in total. The Hall–Kier alpha value is -0.0800. The monoisotopic (exact) mass is 157 g/mol. The molecule has 3 atom stereocenters. The molecule has 0 saturated heterocycles. The first-order valence-electron chi connectivity index (χ1n) is 4.55. The van der Waals surface area contributed by atoms with Crippen molar-refractivity contribution in [3.05, 3.63) is 0 Å². The molecule has 0 bridgehead atoms. The van der Waals surface area contributed by atoms with E-state index in [1.165, 1.54) is 0 Å². The molecule has 2 nitrogen and oxygen atoms in total. The van der Waals surface area contributed by atoms with E-state index in [0.717, 1.165) is 25.2 Å². The van der Waals surface area contributed by atoms with E-state index in [0.29, 0.717) is 5.92 Å². The lowest BCUT2D eigenvalue weighted by atomic mass is 9.78. The zero-order chi connectivity index (χ0) is 8.43. The van der Waals surface area contributed by atoms with Crippen molar-refractivity contribution >= 4 is 0 Å². The second-order valence-corrected chi connectivity index (χ2v) is 4.05. The summed E-state index contributed by atoms with van der Waals surface area (Å²) in [6, 6.07) is 0.0242. The van der Waals surface area contributed by atoms with Gasteiger partial charge >= 0.3 is 0 Å². The fourth-order valence-electron chi connectivity index (χ4n) is 1.83. The predicted octanol–water partition coefficient (Wildman–Crippen LogP) is 1.13. The SMILES string of the molecule is CC(C)[C@@H]1CC[C@H](O)[C@@H](N)C1. The maximum atomic E-state index is 9.35. The zero-order valence-electron chi connectivity index (χ0n) is 7.46. The van der Waals surface area contributed by atoms with Crippen LogP contribution in [-0.2, 0) is 0 Å². The molecule has 0 aliphatic heterocycles. The molecule has 11 heavy (non-hydrogen) atoms. The highest BCUT2D eigenvalue weighted by molar-refractivity contribution is 4.83. The quantitative estimate of drug-likeness (QED) is 0.599. The molecule has 1 fully saturated rings. The Kier molecular flexibility index (Phi) is 2.90. The predicted molar refractivity (Wildman–Crippen MR) is 46.2 cm³/mol. The van der Waals surface area contributed by atoms with Gasteiger partial charge in [0.15, 0.2) is 0 Å². The standard InChI is InChI=1S/C9H19NO/c1-6(2)7-3-4-9(11)8(10)5-7/h6-9,11H,3-5,10H2,1-2H3/t7-,8+,9+/m1/s1. The number of hydrogen-bond acceptors (Lipinski definition) is 2. The lowest BCUT2D eigenvalue weighted by Gasteiger charge is -2.32. The first-order chi connectivity index (χ1) is 5.11. The summed E-state index contributed by atoms with van der Waals surface area (Å²) in [4.78, 5) is 0. The molecule has 0 heterocycles. The van der Waals surface area contributed by atoms with E-state index >= 15 is 0 Å². The van der Waals surface area contributed by atoms with Gasteiger partial charge in [-0.1, -0.05) is 13.8 Å². The van der Waals surface area contributed by atoms with Crippen LogP contribution >= 0.6 is 0 Å². The van der Waals surface area contributed by atoms with E-state index in [2.05, 4.69) is 13.8 Å². The third-order valence-corrected chi connectivity index (χ3v) is 2.85. The Bertz CT molecular complexity index is 125. The van der Waals surface area contributed by atoms with Crippen molar-refractivity contribution in [3.63, 3.8) is 0 Å². The summed E-state index contributed by atoms with van der Waals surface area (Å²) >= 11 is 0. The lowest BCUT2D eigenvalue weighted by molar-refractivity contribution is 0.0752. The summed E-state index contributed by atoms with van der Waals surface area (Å²) in [6.45, 7) is 4.46. The Morgan fingerprint density at radius 3 is 2.45 bits per heavy atom. The average molecular weight is 157 g/mol. The molecule has 1 saturated carbocycles. The van der Waals surface area contributed by atoms with Gasteiger partial charge in [-0.25, -0.2) is 0 Å². The van der Waals surface area contributed by atoms with Gasteiger partial charge in [-0.2, -0.15) is 0 Å². The minimum Gasteiger partial charge on any atom is -0.392 e. The first-order valence-corrected chi connectivity index (χ1v) is 4.55. The van der Waals surface area contributed by atoms with Crippen LogP contribution in [0, 0.1) is 11.8 Å². The second-order valence-electron chi connectivity index (χ2n) is 4.05. The molecular weight excluding hydrogens is 138 g/mol. The summed E-state index contributed by atoms with van der Waals surface area (Å²) in [7, 11) is 0. The van der Waals surface area contributed by atoms with Crippen molar-refractivity contribution in [2.24, 2.45) is 17.6 Å². The largest absolute Gasteiger partial charge is 0.392 e. The van der Waals surface area contributed by atoms with Crippen molar-refractivity contribution < 1.29 is 5.11 Å². The number of aliphatic hydroxyl groups is 1. The van der Waals surface area contributed by atoms with Gasteiger partial charge < -0.3 is 10.8 Å². The third-order valence-electron chi connectivity index (χ3n) is 2.85. The van der Waals surface area contributed by atoms with E-state index in [-0.39, 0.29) is 12.1 Å². The van der Waals surface area contributed by atoms with Crippen LogP contribution in [-0.4, -0.2) is 17.3 Å². The summed E-state index contributed by atoms with van der Waals surface area (Å²) in [5.74, 6) is 1.45. The normalized spacial score (nSPS) is 39.5. The van der Waals surface area contributed by atoms with E-state index in [1.807, 2.05) is 0 Å². The second kappa shape index (κ2) is 3.55. The molecule has 0 radical (unpaired) electrons. The van der Waals surface area contributed by atoms with Gasteiger partial charge in [0, 0.05) is 6.04 Å². The highest BCUT2D eigenvalue weighted by Crippen LogP contribution is 2.29. The summed E-state index contributed by atoms with van der Waals surface area (Å²) in [6.07, 6.45) is 2.79. The molecule has 0 aromatic rings. The van der Waals surface area contributed by atoms with Gasteiger partial charge in [0.2, 0.25) is 0 Å². The van der Waals surface area contributed by atoms with Crippen molar-refractivity contribution in [1.82, 2.24) is 0 Å². The van der Waals surface area contributed by atoms with Crippen molar-refractivity contribution in [1.29, 1.82) is 0 Å². The topological polar surface area (TPSA) is 46.2 Å². The Balaban J connectivity index is 2.40. The Morgan fingerprint density at radius 1 is 1.36 bits per heavy atom. The molecule has 1 aliphatic carbocycles. The Labute approximate surface area is 68.8 Å². The van der Waals surface area contributed by atoms with Gasteiger partial charge in [-0.15, -0.1) is 0 Å². The van der Waals surface area contributed by atoms with Crippen LogP contribution in [0.5, 0.6) is 0 Å². The molecule has 0 spiro atoms. The van der Waals surface area contributed by atoms with Crippen molar-refractivity contribution in [3.8, 4) is 0 Å². The van der Waals surface area contributed by atoms with Crippen LogP contribution in [0.2, 0.25) is 0 Å². The molecule has 66 valence electrons. The highest BCUT2D eigenvalue weighted by Gasteiger charge is 2.27. The Morgan fingerprint density at radius 2 is 2.00 bits per heavy atom. The molecular formula is C9H19NO. The first kappa shape index (κ1) is 9.01. The van der Waals surface area contributed by atoms with E-state index < -0.39 is 0 Å². The van der Waals surface area contributed by atoms with Crippen LogP contribution in [0.25, 0.3) is 0 Å². The van der Waals surface area contributed by atoms with E-state index in [1.54, 1.807) is 0 Å². The molecule has 0 aromatic heterocycles. The molecule has 0 amide bonds. The van der Waals surface area contributed by atoms with E-state index in [4.69, 9.17) is 5.73 Å². The lowest BCUT2D eigenvalue weighted by Crippen LogP contribution is -2.41. The maximum Gasteiger partial charge on any atom is 0.0691 e. The zero-order valence-corrected chi connectivity index (χ0v) is 7.46. The van der Waals surface area contributed by atoms with Gasteiger partial charge in [0.25, 0.3) is 0 Å². The number of nitrogens with two attached hydrogens (primary N) is 1. The van der Waals surface area contributed by atoms with Crippen molar-refractivity contribution in [2.75, 3.05) is 0 Å². The van der Waals surface area contributed by atoms with Gasteiger partial charge in [0.1, 0.15) is 0 Å². The summed E-state index contributed by atoms with van der Waals surface area (Å²) < 4.78 is 0. The van der Waals surface area contributed by atoms with Crippen LogP contribution < -0.4 is 5.73 Å². The smallest absolute Gasteiger partial charge is 0.0691 e. The van der Waals surface area contributed by atoms with Gasteiger partial charge in [-0.3, -0.25) is 0 Å². The minimum atomic E-state index is -0.245. The molecule has 0 unspecified atom stereocenters. The number of aliphatic hydroxyl groups excluding tert-OH is 1. The summed E-state index contributed by atoms with van der Waals surface area (Å²) in [5, 5.41) is 9.35. The fraction of sp³-hybridized carbons (Fsp3) is 1.00. The minimum absolute atomic E-state index is 0.0242. The molecule has 2 heteroatoms. The average Bonchev–Trinajstić information content (AvgIpc) is 1.94. The van der Waals surface area contributed by atoms with Gasteiger partial charge in [0.05, 0.1) is 6.10 Å². The van der Waals surface area contributed by atoms with Gasteiger partial charge in [-0.05, 0) is 31.1 Å². The summed E-state index contributed by atoms with van der Waals surface area (Å²) in [5.41, 5.74) is 5.76. The van der Waals surface area contributed by atoms with Crippen LogP contribution in [0.15, 0.2) is 0 Å². The fourth-order valence-corrected chi connectivity index (χ4v) is 1.83. The van der Waals surface area contributed by atoms with Crippen LogP contribution in [0.4, 0.5) is 0 Å².